The normalized spacial score (nSPS) is 15.1. The van der Waals surface area contributed by atoms with Crippen molar-refractivity contribution in [3.8, 4) is 0 Å². The highest BCUT2D eigenvalue weighted by atomic mass is 35.5. The fourth-order valence-corrected chi connectivity index (χ4v) is 3.00. The fourth-order valence-electron chi connectivity index (χ4n) is 2.69. The summed E-state index contributed by atoms with van der Waals surface area (Å²) in [6.45, 7) is 3.55. The Hall–Kier alpha value is -1.97. The zero-order valence-corrected chi connectivity index (χ0v) is 14.7. The van der Waals surface area contributed by atoms with Gasteiger partial charge in [0, 0.05) is 59.8 Å². The Bertz CT molecular complexity index is 735. The van der Waals surface area contributed by atoms with Crippen molar-refractivity contribution in [3.63, 3.8) is 0 Å². The molecule has 1 fully saturated rings. The van der Waals surface area contributed by atoms with Crippen LogP contribution in [0, 0.1) is 0 Å². The molecular formula is C19H18Cl2N2O. The van der Waals surface area contributed by atoms with Gasteiger partial charge in [0.05, 0.1) is 0 Å². The molecule has 0 aromatic heterocycles. The highest BCUT2D eigenvalue weighted by molar-refractivity contribution is 6.31. The van der Waals surface area contributed by atoms with Crippen LogP contribution in [0.1, 0.15) is 10.4 Å². The third-order valence-electron chi connectivity index (χ3n) is 4.05. The van der Waals surface area contributed by atoms with Gasteiger partial charge >= 0.3 is 0 Å². The number of carbonyl (C=O) groups excluding carboxylic acids is 1. The molecule has 0 radical (unpaired) electrons. The van der Waals surface area contributed by atoms with E-state index in [-0.39, 0.29) is 5.78 Å². The number of hydrogen-bond acceptors (Lipinski definition) is 3. The number of piperazine rings is 1. The standard InChI is InChI=1S/C19H18Cl2N2O/c20-16-6-4-15(5-7-16)19(24)8-9-22-10-12-23(13-11-22)18-3-1-2-17(21)14-18/h1-9,14H,10-13H2/b9-8-. The van der Waals surface area contributed by atoms with Crippen LogP contribution >= 0.6 is 23.2 Å². The highest BCUT2D eigenvalue weighted by Gasteiger charge is 2.15. The number of carbonyl (C=O) groups is 1. The molecule has 0 atom stereocenters. The summed E-state index contributed by atoms with van der Waals surface area (Å²) in [5.74, 6) is -0.0102. The minimum absolute atomic E-state index is 0.0102. The van der Waals surface area contributed by atoms with Crippen molar-refractivity contribution in [2.75, 3.05) is 31.1 Å². The first-order valence-corrected chi connectivity index (χ1v) is 8.60. The predicted octanol–water partition coefficient (Wildman–Crippen LogP) is 4.51. The topological polar surface area (TPSA) is 23.6 Å². The molecule has 1 aliphatic rings. The van der Waals surface area contributed by atoms with E-state index in [1.807, 2.05) is 24.4 Å². The van der Waals surface area contributed by atoms with E-state index in [0.717, 1.165) is 36.9 Å². The van der Waals surface area contributed by atoms with Gasteiger partial charge in [0.15, 0.2) is 5.78 Å². The molecule has 3 rings (SSSR count). The maximum Gasteiger partial charge on any atom is 0.187 e. The number of benzene rings is 2. The van der Waals surface area contributed by atoms with Crippen molar-refractivity contribution >= 4 is 34.7 Å². The van der Waals surface area contributed by atoms with Crippen LogP contribution in [-0.4, -0.2) is 36.9 Å². The third-order valence-corrected chi connectivity index (χ3v) is 4.54. The lowest BCUT2D eigenvalue weighted by Gasteiger charge is -2.35. The number of ketones is 1. The Kier molecular flexibility index (Phi) is 5.44. The summed E-state index contributed by atoms with van der Waals surface area (Å²) in [4.78, 5) is 16.6. The van der Waals surface area contributed by atoms with E-state index in [0.29, 0.717) is 10.6 Å². The highest BCUT2D eigenvalue weighted by Crippen LogP contribution is 2.20. The van der Waals surface area contributed by atoms with Gasteiger partial charge in [-0.3, -0.25) is 4.79 Å². The Morgan fingerprint density at radius 1 is 0.917 bits per heavy atom. The van der Waals surface area contributed by atoms with Gasteiger partial charge in [-0.25, -0.2) is 0 Å². The van der Waals surface area contributed by atoms with Crippen LogP contribution in [0.4, 0.5) is 5.69 Å². The van der Waals surface area contributed by atoms with E-state index < -0.39 is 0 Å². The van der Waals surface area contributed by atoms with Crippen molar-refractivity contribution in [1.29, 1.82) is 0 Å². The molecule has 3 nitrogen and oxygen atoms in total. The van der Waals surface area contributed by atoms with Crippen molar-refractivity contribution in [3.05, 3.63) is 76.4 Å². The number of halogens is 2. The summed E-state index contributed by atoms with van der Waals surface area (Å²) in [7, 11) is 0. The summed E-state index contributed by atoms with van der Waals surface area (Å²) in [5, 5.41) is 1.39. The molecule has 0 unspecified atom stereocenters. The summed E-state index contributed by atoms with van der Waals surface area (Å²) in [5.41, 5.74) is 1.79. The summed E-state index contributed by atoms with van der Waals surface area (Å²) in [6, 6.07) is 14.8. The number of allylic oxidation sites excluding steroid dienone is 1. The van der Waals surface area contributed by atoms with E-state index in [4.69, 9.17) is 23.2 Å². The second kappa shape index (κ2) is 7.73. The maximum absolute atomic E-state index is 12.1. The summed E-state index contributed by atoms with van der Waals surface area (Å²) < 4.78 is 0. The molecule has 0 amide bonds. The fraction of sp³-hybridized carbons (Fsp3) is 0.211. The number of hydrogen-bond donors (Lipinski definition) is 0. The van der Waals surface area contributed by atoms with Crippen molar-refractivity contribution in [2.24, 2.45) is 0 Å². The first kappa shape index (κ1) is 16.9. The molecular weight excluding hydrogens is 343 g/mol. The average molecular weight is 361 g/mol. The van der Waals surface area contributed by atoms with Gasteiger partial charge in [-0.1, -0.05) is 29.3 Å². The van der Waals surface area contributed by atoms with Crippen LogP contribution in [0.15, 0.2) is 60.8 Å². The van der Waals surface area contributed by atoms with Crippen molar-refractivity contribution in [2.45, 2.75) is 0 Å². The molecule has 0 spiro atoms. The lowest BCUT2D eigenvalue weighted by molar-refractivity contribution is 0.104. The van der Waals surface area contributed by atoms with Gasteiger partial charge in [0.2, 0.25) is 0 Å². The molecule has 1 aliphatic heterocycles. The lowest BCUT2D eigenvalue weighted by Crippen LogP contribution is -2.44. The molecule has 24 heavy (non-hydrogen) atoms. The smallest absolute Gasteiger partial charge is 0.187 e. The largest absolute Gasteiger partial charge is 0.374 e. The quantitative estimate of drug-likeness (QED) is 0.591. The van der Waals surface area contributed by atoms with Gasteiger partial charge in [-0.2, -0.15) is 0 Å². The average Bonchev–Trinajstić information content (AvgIpc) is 2.61. The Balaban J connectivity index is 1.55. The zero-order chi connectivity index (χ0) is 16.9. The second-order valence-electron chi connectivity index (χ2n) is 5.69. The minimum atomic E-state index is -0.0102. The molecule has 124 valence electrons. The predicted molar refractivity (Wildman–Crippen MR) is 100 cm³/mol. The minimum Gasteiger partial charge on any atom is -0.374 e. The Morgan fingerprint density at radius 3 is 2.29 bits per heavy atom. The molecule has 0 saturated carbocycles. The molecule has 1 saturated heterocycles. The molecule has 5 heteroatoms. The number of nitrogens with zero attached hydrogens (tertiary/aromatic N) is 2. The van der Waals surface area contributed by atoms with Gasteiger partial charge in [0.25, 0.3) is 0 Å². The lowest BCUT2D eigenvalue weighted by atomic mass is 10.1. The number of rotatable bonds is 4. The molecule has 2 aromatic rings. The monoisotopic (exact) mass is 360 g/mol. The molecule has 0 aliphatic carbocycles. The summed E-state index contributed by atoms with van der Waals surface area (Å²) in [6.07, 6.45) is 3.50. The van der Waals surface area contributed by atoms with Crippen LogP contribution in [0.2, 0.25) is 10.0 Å². The van der Waals surface area contributed by atoms with E-state index in [1.165, 1.54) is 0 Å². The second-order valence-corrected chi connectivity index (χ2v) is 6.56. The maximum atomic E-state index is 12.1. The third kappa shape index (κ3) is 4.31. The van der Waals surface area contributed by atoms with Crippen molar-refractivity contribution < 1.29 is 4.79 Å². The molecule has 2 aromatic carbocycles. The van der Waals surface area contributed by atoms with Crippen LogP contribution in [0.5, 0.6) is 0 Å². The van der Waals surface area contributed by atoms with E-state index in [2.05, 4.69) is 15.9 Å². The summed E-state index contributed by atoms with van der Waals surface area (Å²) >= 11 is 11.9. The van der Waals surface area contributed by atoms with Crippen LogP contribution in [0.25, 0.3) is 0 Å². The first-order chi connectivity index (χ1) is 11.6. The Labute approximate surface area is 152 Å². The first-order valence-electron chi connectivity index (χ1n) is 7.84. The van der Waals surface area contributed by atoms with Crippen molar-refractivity contribution in [1.82, 2.24) is 4.90 Å². The Morgan fingerprint density at radius 2 is 1.62 bits per heavy atom. The van der Waals surface area contributed by atoms with E-state index in [9.17, 15) is 4.79 Å². The van der Waals surface area contributed by atoms with Crippen LogP contribution in [0.3, 0.4) is 0 Å². The number of anilines is 1. The van der Waals surface area contributed by atoms with Gasteiger partial charge in [-0.05, 0) is 42.5 Å². The van der Waals surface area contributed by atoms with E-state index >= 15 is 0 Å². The SMILES string of the molecule is O=C(/C=C\N1CCN(c2cccc(Cl)c2)CC1)c1ccc(Cl)cc1. The van der Waals surface area contributed by atoms with Crippen LogP contribution in [-0.2, 0) is 0 Å². The molecule has 0 N–H and O–H groups in total. The molecule has 0 bridgehead atoms. The van der Waals surface area contributed by atoms with Gasteiger partial charge in [0.1, 0.15) is 0 Å². The van der Waals surface area contributed by atoms with Gasteiger partial charge in [-0.15, -0.1) is 0 Å². The van der Waals surface area contributed by atoms with E-state index in [1.54, 1.807) is 30.3 Å². The van der Waals surface area contributed by atoms with Gasteiger partial charge < -0.3 is 9.80 Å². The zero-order valence-electron chi connectivity index (χ0n) is 13.2. The molecule has 1 heterocycles. The van der Waals surface area contributed by atoms with Crippen LogP contribution < -0.4 is 4.90 Å².